The Morgan fingerprint density at radius 2 is 1.96 bits per heavy atom. The standard InChI is InChI=1S/C20H18N2O4/c1-25-20(24)18-10-15-6-2-3-7-16(15)12-22(18)19(23)13-26-17-8-4-5-14(9-17)11-21/h2-9,18H,10,12-13H2,1H3/t18-/m0/s1. The van der Waals surface area contributed by atoms with Crippen LogP contribution in [0.2, 0.25) is 0 Å². The summed E-state index contributed by atoms with van der Waals surface area (Å²) in [5.41, 5.74) is 2.50. The van der Waals surface area contributed by atoms with Crippen molar-refractivity contribution in [2.45, 2.75) is 19.0 Å². The Kier molecular flexibility index (Phi) is 5.18. The zero-order valence-electron chi connectivity index (χ0n) is 14.3. The fourth-order valence-corrected chi connectivity index (χ4v) is 3.02. The normalized spacial score (nSPS) is 15.5. The van der Waals surface area contributed by atoms with Gasteiger partial charge in [-0.1, -0.05) is 30.3 Å². The first-order valence-corrected chi connectivity index (χ1v) is 8.19. The zero-order chi connectivity index (χ0) is 18.5. The minimum atomic E-state index is -0.670. The number of nitriles is 1. The second-order valence-electron chi connectivity index (χ2n) is 5.96. The topological polar surface area (TPSA) is 79.6 Å². The van der Waals surface area contributed by atoms with Crippen LogP contribution in [0.3, 0.4) is 0 Å². The molecule has 0 radical (unpaired) electrons. The fraction of sp³-hybridized carbons (Fsp3) is 0.250. The number of fused-ring (bicyclic) bond motifs is 1. The molecular weight excluding hydrogens is 332 g/mol. The van der Waals surface area contributed by atoms with Crippen LogP contribution < -0.4 is 4.74 Å². The molecular formula is C20H18N2O4. The van der Waals surface area contributed by atoms with Gasteiger partial charge in [0.25, 0.3) is 5.91 Å². The lowest BCUT2D eigenvalue weighted by Gasteiger charge is -2.35. The first-order valence-electron chi connectivity index (χ1n) is 8.19. The molecule has 3 rings (SSSR count). The SMILES string of the molecule is COC(=O)[C@@H]1Cc2ccccc2CN1C(=O)COc1cccc(C#N)c1. The Hall–Kier alpha value is -3.33. The largest absolute Gasteiger partial charge is 0.484 e. The van der Waals surface area contributed by atoms with Crippen LogP contribution in [-0.4, -0.2) is 36.5 Å². The second-order valence-corrected chi connectivity index (χ2v) is 5.96. The van der Waals surface area contributed by atoms with E-state index in [1.165, 1.54) is 12.0 Å². The monoisotopic (exact) mass is 350 g/mol. The fourth-order valence-electron chi connectivity index (χ4n) is 3.02. The minimum Gasteiger partial charge on any atom is -0.484 e. The molecule has 1 aliphatic heterocycles. The number of esters is 1. The lowest BCUT2D eigenvalue weighted by molar-refractivity contribution is -0.154. The summed E-state index contributed by atoms with van der Waals surface area (Å²) in [6, 6.07) is 15.7. The van der Waals surface area contributed by atoms with Crippen molar-refractivity contribution < 1.29 is 19.1 Å². The van der Waals surface area contributed by atoms with Crippen molar-refractivity contribution in [3.05, 3.63) is 65.2 Å². The number of methoxy groups -OCH3 is 1. The molecule has 1 heterocycles. The Bertz CT molecular complexity index is 872. The molecule has 2 aromatic rings. The van der Waals surface area contributed by atoms with E-state index in [4.69, 9.17) is 14.7 Å². The summed E-state index contributed by atoms with van der Waals surface area (Å²) in [4.78, 5) is 26.3. The van der Waals surface area contributed by atoms with Gasteiger partial charge in [0, 0.05) is 13.0 Å². The lowest BCUT2D eigenvalue weighted by atomic mass is 9.94. The maximum atomic E-state index is 12.7. The van der Waals surface area contributed by atoms with Crippen LogP contribution in [0.5, 0.6) is 5.75 Å². The molecule has 0 spiro atoms. The first-order chi connectivity index (χ1) is 12.6. The Balaban J connectivity index is 1.75. The highest BCUT2D eigenvalue weighted by atomic mass is 16.5. The van der Waals surface area contributed by atoms with Crippen molar-refractivity contribution >= 4 is 11.9 Å². The van der Waals surface area contributed by atoms with Gasteiger partial charge >= 0.3 is 5.97 Å². The van der Waals surface area contributed by atoms with E-state index < -0.39 is 12.0 Å². The van der Waals surface area contributed by atoms with E-state index in [0.29, 0.717) is 24.3 Å². The van der Waals surface area contributed by atoms with Crippen LogP contribution in [0, 0.1) is 11.3 Å². The molecule has 0 fully saturated rings. The number of benzene rings is 2. The predicted molar refractivity (Wildman–Crippen MR) is 93.2 cm³/mol. The summed E-state index contributed by atoms with van der Waals surface area (Å²) in [5, 5.41) is 8.93. The van der Waals surface area contributed by atoms with Crippen LogP contribution in [0.1, 0.15) is 16.7 Å². The van der Waals surface area contributed by atoms with Crippen molar-refractivity contribution in [2.75, 3.05) is 13.7 Å². The maximum absolute atomic E-state index is 12.7. The van der Waals surface area contributed by atoms with E-state index in [1.54, 1.807) is 24.3 Å². The van der Waals surface area contributed by atoms with E-state index in [9.17, 15) is 9.59 Å². The third-order valence-electron chi connectivity index (χ3n) is 4.37. The number of hydrogen-bond donors (Lipinski definition) is 0. The van der Waals surface area contributed by atoms with Gasteiger partial charge < -0.3 is 14.4 Å². The molecule has 0 bridgehead atoms. The number of carbonyl (C=O) groups excluding carboxylic acids is 2. The third-order valence-corrected chi connectivity index (χ3v) is 4.37. The molecule has 2 aromatic carbocycles. The molecule has 1 aliphatic rings. The highest BCUT2D eigenvalue weighted by Crippen LogP contribution is 2.24. The minimum absolute atomic E-state index is 0.218. The van der Waals surface area contributed by atoms with Crippen LogP contribution >= 0.6 is 0 Å². The van der Waals surface area contributed by atoms with Crippen molar-refractivity contribution in [1.29, 1.82) is 5.26 Å². The van der Waals surface area contributed by atoms with Crippen LogP contribution in [0.4, 0.5) is 0 Å². The molecule has 26 heavy (non-hydrogen) atoms. The van der Waals surface area contributed by atoms with Crippen molar-refractivity contribution in [3.8, 4) is 11.8 Å². The lowest BCUT2D eigenvalue weighted by Crippen LogP contribution is -2.50. The highest BCUT2D eigenvalue weighted by molar-refractivity contribution is 5.86. The molecule has 0 N–H and O–H groups in total. The van der Waals surface area contributed by atoms with E-state index in [0.717, 1.165) is 11.1 Å². The summed E-state index contributed by atoms with van der Waals surface area (Å²) >= 11 is 0. The van der Waals surface area contributed by atoms with Gasteiger partial charge in [-0.05, 0) is 29.3 Å². The second kappa shape index (κ2) is 7.70. The number of rotatable bonds is 4. The Morgan fingerprint density at radius 3 is 2.69 bits per heavy atom. The summed E-state index contributed by atoms with van der Waals surface area (Å²) < 4.78 is 10.4. The molecule has 1 atom stereocenters. The van der Waals surface area contributed by atoms with Gasteiger partial charge in [-0.25, -0.2) is 4.79 Å². The average Bonchev–Trinajstić information content (AvgIpc) is 2.70. The zero-order valence-corrected chi connectivity index (χ0v) is 14.3. The van der Waals surface area contributed by atoms with Gasteiger partial charge in [-0.2, -0.15) is 5.26 Å². The van der Waals surface area contributed by atoms with Crippen LogP contribution in [0.15, 0.2) is 48.5 Å². The number of nitrogens with zero attached hydrogens (tertiary/aromatic N) is 2. The number of ether oxygens (including phenoxy) is 2. The van der Waals surface area contributed by atoms with Crippen molar-refractivity contribution in [1.82, 2.24) is 4.90 Å². The molecule has 0 saturated heterocycles. The summed E-state index contributed by atoms with van der Waals surface area (Å²) in [6.45, 7) is 0.112. The van der Waals surface area contributed by atoms with Gasteiger partial charge in [0.05, 0.1) is 18.7 Å². The summed E-state index contributed by atoms with van der Waals surface area (Å²) in [6.07, 6.45) is 0.415. The van der Waals surface area contributed by atoms with Crippen LogP contribution in [-0.2, 0) is 27.3 Å². The summed E-state index contributed by atoms with van der Waals surface area (Å²) in [7, 11) is 1.31. The number of carbonyl (C=O) groups is 2. The molecule has 6 heteroatoms. The number of amides is 1. The van der Waals surface area contributed by atoms with Crippen molar-refractivity contribution in [3.63, 3.8) is 0 Å². The summed E-state index contributed by atoms with van der Waals surface area (Å²) in [5.74, 6) is -0.318. The highest BCUT2D eigenvalue weighted by Gasteiger charge is 2.35. The van der Waals surface area contributed by atoms with Gasteiger partial charge in [0.1, 0.15) is 11.8 Å². The van der Waals surface area contributed by atoms with Crippen LogP contribution in [0.25, 0.3) is 0 Å². The Labute approximate surface area is 151 Å². The molecule has 132 valence electrons. The molecule has 6 nitrogen and oxygen atoms in total. The van der Waals surface area contributed by atoms with E-state index in [2.05, 4.69) is 0 Å². The van der Waals surface area contributed by atoms with E-state index in [-0.39, 0.29) is 12.5 Å². The van der Waals surface area contributed by atoms with Gasteiger partial charge in [-0.15, -0.1) is 0 Å². The third kappa shape index (κ3) is 3.67. The van der Waals surface area contributed by atoms with E-state index >= 15 is 0 Å². The maximum Gasteiger partial charge on any atom is 0.328 e. The molecule has 1 amide bonds. The first kappa shape index (κ1) is 17.5. The van der Waals surface area contributed by atoms with Gasteiger partial charge in [-0.3, -0.25) is 4.79 Å². The van der Waals surface area contributed by atoms with E-state index in [1.807, 2.05) is 30.3 Å². The number of hydrogen-bond acceptors (Lipinski definition) is 5. The van der Waals surface area contributed by atoms with Gasteiger partial charge in [0.2, 0.25) is 0 Å². The quantitative estimate of drug-likeness (QED) is 0.789. The predicted octanol–water partition coefficient (Wildman–Crippen LogP) is 2.06. The van der Waals surface area contributed by atoms with Gasteiger partial charge in [0.15, 0.2) is 6.61 Å². The molecule has 0 saturated carbocycles. The smallest absolute Gasteiger partial charge is 0.328 e. The Morgan fingerprint density at radius 1 is 1.19 bits per heavy atom. The molecule has 0 aromatic heterocycles. The van der Waals surface area contributed by atoms with Crippen molar-refractivity contribution in [2.24, 2.45) is 0 Å². The molecule has 0 unspecified atom stereocenters. The average molecular weight is 350 g/mol. The molecule has 0 aliphatic carbocycles.